The van der Waals surface area contributed by atoms with Gasteiger partial charge in [0.05, 0.1) is 0 Å². The summed E-state index contributed by atoms with van der Waals surface area (Å²) in [6.07, 6.45) is 3.10. The Hall–Kier alpha value is -1.09. The largest absolute Gasteiger partial charge is 0.349 e. The summed E-state index contributed by atoms with van der Waals surface area (Å²) >= 11 is 5.87. The van der Waals surface area contributed by atoms with Gasteiger partial charge in [0, 0.05) is 17.5 Å². The minimum atomic E-state index is -0.375. The molecule has 2 nitrogen and oxygen atoms in total. The van der Waals surface area contributed by atoms with Gasteiger partial charge in [-0.15, -0.1) is 11.6 Å². The van der Waals surface area contributed by atoms with Crippen LogP contribution in [0.5, 0.6) is 0 Å². The van der Waals surface area contributed by atoms with Crippen LogP contribution < -0.4 is 5.32 Å². The SMILES string of the molecule is Cc1cc(F)cc(C(=O)NC2CCCC2CCl)c1. The highest BCUT2D eigenvalue weighted by molar-refractivity contribution is 6.18. The van der Waals surface area contributed by atoms with Gasteiger partial charge in [-0.3, -0.25) is 4.79 Å². The van der Waals surface area contributed by atoms with Crippen LogP contribution >= 0.6 is 11.6 Å². The van der Waals surface area contributed by atoms with Crippen molar-refractivity contribution in [3.05, 3.63) is 35.1 Å². The molecule has 1 fully saturated rings. The molecule has 98 valence electrons. The minimum absolute atomic E-state index is 0.124. The number of hydrogen-bond acceptors (Lipinski definition) is 1. The van der Waals surface area contributed by atoms with Gasteiger partial charge >= 0.3 is 0 Å². The average molecular weight is 270 g/mol. The number of alkyl halides is 1. The van der Waals surface area contributed by atoms with Crippen molar-refractivity contribution in [1.82, 2.24) is 5.32 Å². The zero-order valence-corrected chi connectivity index (χ0v) is 11.1. The average Bonchev–Trinajstić information content (AvgIpc) is 2.75. The lowest BCUT2D eigenvalue weighted by Crippen LogP contribution is -2.38. The van der Waals surface area contributed by atoms with E-state index in [1.807, 2.05) is 0 Å². The van der Waals surface area contributed by atoms with E-state index >= 15 is 0 Å². The van der Waals surface area contributed by atoms with Crippen molar-refractivity contribution in [3.63, 3.8) is 0 Å². The van der Waals surface area contributed by atoms with Gasteiger partial charge in [-0.25, -0.2) is 4.39 Å². The molecule has 2 rings (SSSR count). The summed E-state index contributed by atoms with van der Waals surface area (Å²) in [5.74, 6) is 0.318. The van der Waals surface area contributed by atoms with E-state index in [9.17, 15) is 9.18 Å². The van der Waals surface area contributed by atoms with E-state index in [0.29, 0.717) is 17.4 Å². The number of benzene rings is 1. The van der Waals surface area contributed by atoms with Gasteiger partial charge in [0.15, 0.2) is 0 Å². The Morgan fingerprint density at radius 3 is 2.89 bits per heavy atom. The van der Waals surface area contributed by atoms with Crippen molar-refractivity contribution < 1.29 is 9.18 Å². The van der Waals surface area contributed by atoms with Gasteiger partial charge in [-0.05, 0) is 49.4 Å². The highest BCUT2D eigenvalue weighted by Gasteiger charge is 2.28. The van der Waals surface area contributed by atoms with Gasteiger partial charge in [0.2, 0.25) is 0 Å². The lowest BCUT2D eigenvalue weighted by molar-refractivity contribution is 0.0929. The Bertz CT molecular complexity index is 429. The number of aryl methyl sites for hydroxylation is 1. The maximum absolute atomic E-state index is 13.2. The molecular weight excluding hydrogens is 253 g/mol. The minimum Gasteiger partial charge on any atom is -0.349 e. The normalized spacial score (nSPS) is 23.1. The standard InChI is InChI=1S/C14H17ClFNO/c1-9-5-11(7-12(16)6-9)14(18)17-13-4-2-3-10(13)8-15/h5-7,10,13H,2-4,8H2,1H3,(H,17,18). The van der Waals surface area contributed by atoms with E-state index < -0.39 is 0 Å². The number of nitrogens with one attached hydrogen (secondary N) is 1. The lowest BCUT2D eigenvalue weighted by atomic mass is 10.1. The van der Waals surface area contributed by atoms with Crippen molar-refractivity contribution in [2.24, 2.45) is 5.92 Å². The molecule has 1 aliphatic carbocycles. The van der Waals surface area contributed by atoms with E-state index in [2.05, 4.69) is 5.32 Å². The van der Waals surface area contributed by atoms with E-state index in [-0.39, 0.29) is 17.8 Å². The zero-order chi connectivity index (χ0) is 13.1. The molecule has 1 aromatic carbocycles. The zero-order valence-electron chi connectivity index (χ0n) is 10.4. The summed E-state index contributed by atoms with van der Waals surface area (Å²) in [5, 5.41) is 2.96. The van der Waals surface area contributed by atoms with Crippen molar-refractivity contribution >= 4 is 17.5 Å². The Morgan fingerprint density at radius 2 is 2.22 bits per heavy atom. The van der Waals surface area contributed by atoms with Crippen molar-refractivity contribution in [2.75, 3.05) is 5.88 Å². The molecule has 1 aliphatic rings. The molecule has 0 bridgehead atoms. The second kappa shape index (κ2) is 5.70. The van der Waals surface area contributed by atoms with Crippen LogP contribution in [0.4, 0.5) is 4.39 Å². The van der Waals surface area contributed by atoms with Crippen LogP contribution in [-0.4, -0.2) is 17.8 Å². The molecule has 1 saturated carbocycles. The first-order valence-corrected chi connectivity index (χ1v) is 6.77. The van der Waals surface area contributed by atoms with Gasteiger partial charge in [-0.2, -0.15) is 0 Å². The maximum Gasteiger partial charge on any atom is 0.251 e. The fraction of sp³-hybridized carbons (Fsp3) is 0.500. The Balaban J connectivity index is 2.07. The molecule has 0 heterocycles. The van der Waals surface area contributed by atoms with Crippen molar-refractivity contribution in [2.45, 2.75) is 32.2 Å². The van der Waals surface area contributed by atoms with Crippen LogP contribution in [0.3, 0.4) is 0 Å². The topological polar surface area (TPSA) is 29.1 Å². The van der Waals surface area contributed by atoms with Gasteiger partial charge in [0.1, 0.15) is 5.82 Å². The molecule has 1 N–H and O–H groups in total. The first-order valence-electron chi connectivity index (χ1n) is 6.24. The van der Waals surface area contributed by atoms with Crippen molar-refractivity contribution in [1.29, 1.82) is 0 Å². The predicted molar refractivity (Wildman–Crippen MR) is 70.5 cm³/mol. The smallest absolute Gasteiger partial charge is 0.251 e. The molecule has 4 heteroatoms. The van der Waals surface area contributed by atoms with Crippen LogP contribution in [0.25, 0.3) is 0 Å². The van der Waals surface area contributed by atoms with Crippen LogP contribution in [0.1, 0.15) is 35.2 Å². The maximum atomic E-state index is 13.2. The summed E-state index contributed by atoms with van der Waals surface area (Å²) in [5.41, 5.74) is 1.13. The number of rotatable bonds is 3. The number of halogens is 2. The number of carbonyl (C=O) groups excluding carboxylic acids is 1. The molecule has 18 heavy (non-hydrogen) atoms. The summed E-state index contributed by atoms with van der Waals surface area (Å²) in [6, 6.07) is 4.50. The summed E-state index contributed by atoms with van der Waals surface area (Å²) in [4.78, 5) is 12.0. The first-order chi connectivity index (χ1) is 8.60. The second-order valence-corrected chi connectivity index (χ2v) is 5.25. The Labute approximate surface area is 112 Å². The third-order valence-corrected chi connectivity index (χ3v) is 3.87. The second-order valence-electron chi connectivity index (χ2n) is 4.94. The molecular formula is C14H17ClFNO. The molecule has 0 aliphatic heterocycles. The van der Waals surface area contributed by atoms with E-state index in [1.165, 1.54) is 12.1 Å². The van der Waals surface area contributed by atoms with Crippen LogP contribution in [0.15, 0.2) is 18.2 Å². The summed E-state index contributed by atoms with van der Waals surface area (Å²) in [7, 11) is 0. The van der Waals surface area contributed by atoms with Gasteiger partial charge in [-0.1, -0.05) is 6.42 Å². The molecule has 0 spiro atoms. The summed E-state index contributed by atoms with van der Waals surface area (Å²) in [6.45, 7) is 1.77. The van der Waals surface area contributed by atoms with Crippen LogP contribution in [-0.2, 0) is 0 Å². The highest BCUT2D eigenvalue weighted by atomic mass is 35.5. The first kappa shape index (κ1) is 13.3. The van der Waals surface area contributed by atoms with E-state index in [4.69, 9.17) is 11.6 Å². The van der Waals surface area contributed by atoms with Gasteiger partial charge < -0.3 is 5.32 Å². The number of amides is 1. The fourth-order valence-electron chi connectivity index (χ4n) is 2.53. The molecule has 1 amide bonds. The van der Waals surface area contributed by atoms with Crippen LogP contribution in [0, 0.1) is 18.7 Å². The number of carbonyl (C=O) groups is 1. The monoisotopic (exact) mass is 269 g/mol. The van der Waals surface area contributed by atoms with Crippen molar-refractivity contribution in [3.8, 4) is 0 Å². The predicted octanol–water partition coefficient (Wildman–Crippen LogP) is 3.27. The molecule has 0 saturated heterocycles. The lowest BCUT2D eigenvalue weighted by Gasteiger charge is -2.19. The molecule has 0 radical (unpaired) electrons. The Kier molecular flexibility index (Phi) is 4.23. The van der Waals surface area contributed by atoms with E-state index in [0.717, 1.165) is 24.8 Å². The fourth-order valence-corrected chi connectivity index (χ4v) is 2.90. The highest BCUT2D eigenvalue weighted by Crippen LogP contribution is 2.26. The molecule has 0 aromatic heterocycles. The van der Waals surface area contributed by atoms with Gasteiger partial charge in [0.25, 0.3) is 5.91 Å². The summed E-state index contributed by atoms with van der Waals surface area (Å²) < 4.78 is 13.2. The third kappa shape index (κ3) is 3.02. The van der Waals surface area contributed by atoms with E-state index in [1.54, 1.807) is 13.0 Å². The Morgan fingerprint density at radius 1 is 1.44 bits per heavy atom. The number of hydrogen-bond donors (Lipinski definition) is 1. The van der Waals surface area contributed by atoms with Crippen LogP contribution in [0.2, 0.25) is 0 Å². The molecule has 2 atom stereocenters. The third-order valence-electron chi connectivity index (χ3n) is 3.48. The molecule has 1 aromatic rings. The molecule has 2 unspecified atom stereocenters. The quantitative estimate of drug-likeness (QED) is 0.839.